The van der Waals surface area contributed by atoms with Crippen molar-refractivity contribution in [2.45, 2.75) is 24.7 Å². The predicted octanol–water partition coefficient (Wildman–Crippen LogP) is 1.75. The SMILES string of the molecule is O=C(O)c1cncc(-n2cc(C3(CNC(=O)c4cncc(F)c4)CCC3)nn2)c1. The molecule has 1 fully saturated rings. The molecule has 3 heterocycles. The summed E-state index contributed by atoms with van der Waals surface area (Å²) in [4.78, 5) is 31.1. The van der Waals surface area contributed by atoms with Gasteiger partial charge in [-0.3, -0.25) is 14.8 Å². The van der Waals surface area contributed by atoms with Crippen LogP contribution in [0.5, 0.6) is 0 Å². The zero-order valence-corrected chi connectivity index (χ0v) is 15.2. The summed E-state index contributed by atoms with van der Waals surface area (Å²) in [6.45, 7) is 0.328. The summed E-state index contributed by atoms with van der Waals surface area (Å²) in [5.74, 6) is -2.06. The number of nitrogens with one attached hydrogen (secondary N) is 1. The van der Waals surface area contributed by atoms with Crippen molar-refractivity contribution in [3.8, 4) is 5.69 Å². The molecule has 0 bridgehead atoms. The van der Waals surface area contributed by atoms with Crippen LogP contribution in [0.1, 0.15) is 45.7 Å². The Morgan fingerprint density at radius 2 is 1.90 bits per heavy atom. The van der Waals surface area contributed by atoms with Crippen molar-refractivity contribution in [3.63, 3.8) is 0 Å². The van der Waals surface area contributed by atoms with Crippen molar-refractivity contribution in [1.29, 1.82) is 0 Å². The number of amides is 1. The van der Waals surface area contributed by atoms with Gasteiger partial charge in [-0.25, -0.2) is 13.9 Å². The highest BCUT2D eigenvalue weighted by molar-refractivity contribution is 5.93. The third kappa shape index (κ3) is 3.68. The Morgan fingerprint density at radius 3 is 2.59 bits per heavy atom. The molecule has 148 valence electrons. The van der Waals surface area contributed by atoms with Crippen LogP contribution in [-0.2, 0) is 5.41 Å². The first-order valence-electron chi connectivity index (χ1n) is 8.97. The number of nitrogens with zero attached hydrogens (tertiary/aromatic N) is 5. The number of carbonyl (C=O) groups is 2. The standard InChI is InChI=1S/C19H17FN6O3/c20-14-4-12(6-21-8-14)17(27)23-11-19(2-1-3-19)16-10-26(25-24-16)15-5-13(18(28)29)7-22-9-15/h4-10H,1-3,11H2,(H,23,27)(H,28,29). The Balaban J connectivity index is 1.52. The van der Waals surface area contributed by atoms with Gasteiger partial charge in [0.15, 0.2) is 0 Å². The van der Waals surface area contributed by atoms with Gasteiger partial charge in [0.1, 0.15) is 5.82 Å². The van der Waals surface area contributed by atoms with Gasteiger partial charge in [0.25, 0.3) is 5.91 Å². The Hall–Kier alpha value is -3.69. The zero-order chi connectivity index (χ0) is 20.4. The number of carboxylic acids is 1. The van der Waals surface area contributed by atoms with E-state index in [9.17, 15) is 14.0 Å². The fourth-order valence-electron chi connectivity index (χ4n) is 3.32. The summed E-state index contributed by atoms with van der Waals surface area (Å²) in [6.07, 6.45) is 9.45. The maximum Gasteiger partial charge on any atom is 0.337 e. The second kappa shape index (κ2) is 7.38. The van der Waals surface area contributed by atoms with Crippen molar-refractivity contribution >= 4 is 11.9 Å². The first-order chi connectivity index (χ1) is 14.0. The molecular weight excluding hydrogens is 379 g/mol. The van der Waals surface area contributed by atoms with E-state index >= 15 is 0 Å². The lowest BCUT2D eigenvalue weighted by Gasteiger charge is -2.40. The summed E-state index contributed by atoms with van der Waals surface area (Å²) >= 11 is 0. The quantitative estimate of drug-likeness (QED) is 0.651. The lowest BCUT2D eigenvalue weighted by atomic mass is 9.66. The average molecular weight is 396 g/mol. The second-order valence-corrected chi connectivity index (χ2v) is 6.99. The minimum absolute atomic E-state index is 0.0499. The van der Waals surface area contributed by atoms with Gasteiger partial charge < -0.3 is 10.4 Å². The van der Waals surface area contributed by atoms with Crippen molar-refractivity contribution in [3.05, 3.63) is 65.8 Å². The van der Waals surface area contributed by atoms with E-state index in [1.807, 2.05) is 0 Å². The van der Waals surface area contributed by atoms with Gasteiger partial charge >= 0.3 is 5.97 Å². The van der Waals surface area contributed by atoms with Crippen LogP contribution in [-0.4, -0.2) is 48.5 Å². The van der Waals surface area contributed by atoms with E-state index in [1.54, 1.807) is 6.20 Å². The van der Waals surface area contributed by atoms with Crippen molar-refractivity contribution in [2.75, 3.05) is 6.54 Å². The Morgan fingerprint density at radius 1 is 1.14 bits per heavy atom. The molecule has 0 unspecified atom stereocenters. The molecule has 0 radical (unpaired) electrons. The number of carboxylic acid groups (broad SMARTS) is 1. The van der Waals surface area contributed by atoms with E-state index in [2.05, 4.69) is 25.6 Å². The summed E-state index contributed by atoms with van der Waals surface area (Å²) in [6, 6.07) is 2.59. The van der Waals surface area contributed by atoms with Gasteiger partial charge in [-0.1, -0.05) is 11.6 Å². The molecule has 0 atom stereocenters. The molecule has 29 heavy (non-hydrogen) atoms. The molecule has 0 spiro atoms. The normalized spacial score (nSPS) is 14.8. The Bertz CT molecular complexity index is 1080. The van der Waals surface area contributed by atoms with Crippen LogP contribution in [0.25, 0.3) is 5.69 Å². The summed E-state index contributed by atoms with van der Waals surface area (Å²) < 4.78 is 14.7. The number of pyridine rings is 2. The van der Waals surface area contributed by atoms with E-state index in [0.717, 1.165) is 31.5 Å². The third-order valence-corrected chi connectivity index (χ3v) is 5.14. The number of aromatic carboxylic acids is 1. The molecule has 3 aromatic rings. The minimum Gasteiger partial charge on any atom is -0.478 e. The number of rotatable bonds is 6. The second-order valence-electron chi connectivity index (χ2n) is 6.99. The lowest BCUT2D eigenvalue weighted by Crippen LogP contribution is -2.46. The summed E-state index contributed by atoms with van der Waals surface area (Å²) in [7, 11) is 0. The van der Waals surface area contributed by atoms with Gasteiger partial charge in [-0.05, 0) is 25.0 Å². The molecule has 4 rings (SSSR count). The van der Waals surface area contributed by atoms with Crippen molar-refractivity contribution in [2.24, 2.45) is 0 Å². The molecule has 10 heteroatoms. The van der Waals surface area contributed by atoms with Crippen LogP contribution in [0, 0.1) is 5.82 Å². The molecule has 0 aromatic carbocycles. The minimum atomic E-state index is -1.08. The molecular formula is C19H17FN6O3. The van der Waals surface area contributed by atoms with Gasteiger partial charge in [0, 0.05) is 24.4 Å². The predicted molar refractivity (Wildman–Crippen MR) is 98.2 cm³/mol. The smallest absolute Gasteiger partial charge is 0.337 e. The first-order valence-corrected chi connectivity index (χ1v) is 8.97. The van der Waals surface area contributed by atoms with Crippen molar-refractivity contribution < 1.29 is 19.1 Å². The number of hydrogen-bond donors (Lipinski definition) is 2. The lowest BCUT2D eigenvalue weighted by molar-refractivity contribution is 0.0696. The van der Waals surface area contributed by atoms with E-state index < -0.39 is 17.7 Å². The number of halogens is 1. The largest absolute Gasteiger partial charge is 0.478 e. The number of aromatic nitrogens is 5. The van der Waals surface area contributed by atoms with E-state index in [1.165, 1.54) is 29.3 Å². The maximum atomic E-state index is 13.3. The molecule has 1 amide bonds. The Kier molecular flexibility index (Phi) is 4.75. The summed E-state index contributed by atoms with van der Waals surface area (Å²) in [5, 5.41) is 20.3. The number of hydrogen-bond acceptors (Lipinski definition) is 6. The molecule has 1 saturated carbocycles. The monoisotopic (exact) mass is 396 g/mol. The highest BCUT2D eigenvalue weighted by Gasteiger charge is 2.41. The summed E-state index contributed by atoms with van der Waals surface area (Å²) in [5.41, 5.74) is 1.01. The zero-order valence-electron chi connectivity index (χ0n) is 15.2. The van der Waals surface area contributed by atoms with Gasteiger partial charge in [-0.2, -0.15) is 0 Å². The molecule has 1 aliphatic carbocycles. The van der Waals surface area contributed by atoms with Crippen LogP contribution in [0.15, 0.2) is 43.1 Å². The third-order valence-electron chi connectivity index (χ3n) is 5.14. The van der Waals surface area contributed by atoms with Crippen LogP contribution in [0.2, 0.25) is 0 Å². The van der Waals surface area contributed by atoms with Crippen LogP contribution < -0.4 is 5.32 Å². The van der Waals surface area contributed by atoms with E-state index in [4.69, 9.17) is 5.11 Å². The van der Waals surface area contributed by atoms with Crippen LogP contribution in [0.4, 0.5) is 4.39 Å². The first kappa shape index (κ1) is 18.7. The van der Waals surface area contributed by atoms with Gasteiger partial charge in [0.05, 0.1) is 41.1 Å². The van der Waals surface area contributed by atoms with Crippen LogP contribution >= 0.6 is 0 Å². The molecule has 1 aliphatic rings. The molecule has 2 N–H and O–H groups in total. The molecule has 9 nitrogen and oxygen atoms in total. The van der Waals surface area contributed by atoms with Crippen molar-refractivity contribution in [1.82, 2.24) is 30.3 Å². The fraction of sp³-hybridized carbons (Fsp3) is 0.263. The highest BCUT2D eigenvalue weighted by atomic mass is 19.1. The fourth-order valence-corrected chi connectivity index (χ4v) is 3.32. The average Bonchev–Trinajstić information content (AvgIpc) is 3.17. The highest BCUT2D eigenvalue weighted by Crippen LogP contribution is 2.42. The topological polar surface area (TPSA) is 123 Å². The molecule has 0 aliphatic heterocycles. The number of carbonyl (C=O) groups excluding carboxylic acids is 1. The maximum absolute atomic E-state index is 13.3. The van der Waals surface area contributed by atoms with Crippen LogP contribution in [0.3, 0.4) is 0 Å². The molecule has 0 saturated heterocycles. The Labute approximate surface area is 164 Å². The van der Waals surface area contributed by atoms with Gasteiger partial charge in [0.2, 0.25) is 0 Å². The molecule has 3 aromatic heterocycles. The van der Waals surface area contributed by atoms with Gasteiger partial charge in [-0.15, -0.1) is 5.10 Å². The van der Waals surface area contributed by atoms with E-state index in [-0.39, 0.29) is 16.5 Å². The van der Waals surface area contributed by atoms with E-state index in [0.29, 0.717) is 17.9 Å².